The Labute approximate surface area is 188 Å². The molecule has 0 nitrogen and oxygen atoms in total. The maximum absolute atomic E-state index is 14.5. The van der Waals surface area contributed by atoms with Gasteiger partial charge >= 0.3 is 6.18 Å². The van der Waals surface area contributed by atoms with E-state index in [4.69, 9.17) is 0 Å². The van der Waals surface area contributed by atoms with E-state index < -0.39 is 40.9 Å². The van der Waals surface area contributed by atoms with Crippen molar-refractivity contribution in [3.63, 3.8) is 0 Å². The maximum atomic E-state index is 14.5. The molecule has 0 spiro atoms. The number of alkyl halides is 3. The Morgan fingerprint density at radius 3 is 2.24 bits per heavy atom. The molecule has 4 atom stereocenters. The lowest BCUT2D eigenvalue weighted by Crippen LogP contribution is -2.36. The van der Waals surface area contributed by atoms with E-state index in [1.165, 1.54) is 6.07 Å². The number of hydrogen-bond acceptors (Lipinski definition) is 0. The monoisotopic (exact) mass is 470 g/mol. The van der Waals surface area contributed by atoms with E-state index in [2.05, 4.69) is 0 Å². The minimum Gasteiger partial charge on any atom is -0.207 e. The SMILES string of the molecule is C/C=C/CC[C@@H]1CC[C@H]2c3cc(F)cc(F)c3CC[C@@H]2[C@H]1c1cc(F)c(C(F)(F)F)c(F)c1. The normalized spacial score (nSPS) is 25.2. The Balaban J connectivity index is 1.78. The fourth-order valence-corrected chi connectivity index (χ4v) is 6.06. The lowest BCUT2D eigenvalue weighted by atomic mass is 9.57. The minimum atomic E-state index is -5.13. The summed E-state index contributed by atoms with van der Waals surface area (Å²) in [6.45, 7) is 1.89. The topological polar surface area (TPSA) is 0 Å². The molecule has 2 aromatic rings. The largest absolute Gasteiger partial charge is 0.422 e. The highest BCUT2D eigenvalue weighted by atomic mass is 19.4. The van der Waals surface area contributed by atoms with Crippen LogP contribution in [-0.4, -0.2) is 0 Å². The van der Waals surface area contributed by atoms with Gasteiger partial charge in [0.2, 0.25) is 0 Å². The molecule has 0 heterocycles. The van der Waals surface area contributed by atoms with Crippen molar-refractivity contribution >= 4 is 0 Å². The van der Waals surface area contributed by atoms with Gasteiger partial charge in [0.25, 0.3) is 0 Å². The Morgan fingerprint density at radius 2 is 1.61 bits per heavy atom. The average Bonchev–Trinajstić information content (AvgIpc) is 2.71. The van der Waals surface area contributed by atoms with Gasteiger partial charge < -0.3 is 0 Å². The van der Waals surface area contributed by atoms with E-state index in [0.717, 1.165) is 24.6 Å². The summed E-state index contributed by atoms with van der Waals surface area (Å²) in [4.78, 5) is 0. The average molecular weight is 470 g/mol. The van der Waals surface area contributed by atoms with E-state index in [1.54, 1.807) is 0 Å². The van der Waals surface area contributed by atoms with Gasteiger partial charge in [0.05, 0.1) is 0 Å². The summed E-state index contributed by atoms with van der Waals surface area (Å²) in [7, 11) is 0. The molecule has 33 heavy (non-hydrogen) atoms. The summed E-state index contributed by atoms with van der Waals surface area (Å²) in [5, 5.41) is 0. The fraction of sp³-hybridized carbons (Fsp3) is 0.462. The molecular formula is C26H25F7. The molecule has 0 unspecified atom stereocenters. The Bertz CT molecular complexity index is 1030. The molecule has 2 aromatic carbocycles. The highest BCUT2D eigenvalue weighted by molar-refractivity contribution is 5.39. The molecule has 0 N–H and O–H groups in total. The molecule has 2 aliphatic rings. The third-order valence-corrected chi connectivity index (χ3v) is 7.33. The smallest absolute Gasteiger partial charge is 0.207 e. The third-order valence-electron chi connectivity index (χ3n) is 7.33. The first-order chi connectivity index (χ1) is 15.6. The first-order valence-corrected chi connectivity index (χ1v) is 11.3. The van der Waals surface area contributed by atoms with Gasteiger partial charge in [-0.15, -0.1) is 0 Å². The van der Waals surface area contributed by atoms with Gasteiger partial charge in [-0.05, 0) is 104 Å². The summed E-state index contributed by atoms with van der Waals surface area (Å²) >= 11 is 0. The molecule has 0 amide bonds. The molecule has 0 radical (unpaired) electrons. The van der Waals surface area contributed by atoms with Gasteiger partial charge in [-0.3, -0.25) is 0 Å². The van der Waals surface area contributed by atoms with Crippen molar-refractivity contribution in [1.29, 1.82) is 0 Å². The van der Waals surface area contributed by atoms with E-state index in [0.29, 0.717) is 43.2 Å². The molecular weight excluding hydrogens is 445 g/mol. The van der Waals surface area contributed by atoms with Crippen LogP contribution in [0.5, 0.6) is 0 Å². The Hall–Kier alpha value is -2.31. The van der Waals surface area contributed by atoms with Crippen LogP contribution >= 0.6 is 0 Å². The molecule has 0 bridgehead atoms. The van der Waals surface area contributed by atoms with Crippen LogP contribution < -0.4 is 0 Å². The third kappa shape index (κ3) is 4.56. The summed E-state index contributed by atoms with van der Waals surface area (Å²) in [5.41, 5.74) is -0.650. The molecule has 4 rings (SSSR count). The minimum absolute atomic E-state index is 0.00190. The number of hydrogen-bond donors (Lipinski definition) is 0. The van der Waals surface area contributed by atoms with Crippen LogP contribution in [0.4, 0.5) is 30.7 Å². The van der Waals surface area contributed by atoms with E-state index in [-0.39, 0.29) is 23.3 Å². The van der Waals surface area contributed by atoms with Gasteiger partial charge in [-0.25, -0.2) is 17.6 Å². The summed E-state index contributed by atoms with van der Waals surface area (Å²) in [5.74, 6) is -5.31. The first kappa shape index (κ1) is 23.8. The van der Waals surface area contributed by atoms with E-state index in [9.17, 15) is 30.7 Å². The van der Waals surface area contributed by atoms with Crippen molar-refractivity contribution in [3.05, 3.63) is 81.9 Å². The molecule has 178 valence electrons. The van der Waals surface area contributed by atoms with Gasteiger partial charge in [-0.2, -0.15) is 13.2 Å². The summed E-state index contributed by atoms with van der Waals surface area (Å²) in [6, 6.07) is 3.81. The zero-order chi connectivity index (χ0) is 23.9. The zero-order valence-corrected chi connectivity index (χ0v) is 18.2. The van der Waals surface area contributed by atoms with Gasteiger partial charge in [-0.1, -0.05) is 12.2 Å². The van der Waals surface area contributed by atoms with Crippen molar-refractivity contribution in [1.82, 2.24) is 0 Å². The van der Waals surface area contributed by atoms with Crippen molar-refractivity contribution in [2.45, 2.75) is 63.5 Å². The molecule has 0 aliphatic heterocycles. The molecule has 0 saturated heterocycles. The van der Waals surface area contributed by atoms with Crippen LogP contribution in [0.15, 0.2) is 36.4 Å². The second-order valence-corrected chi connectivity index (χ2v) is 9.13. The van der Waals surface area contributed by atoms with Gasteiger partial charge in [0.15, 0.2) is 0 Å². The number of benzene rings is 2. The highest BCUT2D eigenvalue weighted by Gasteiger charge is 2.45. The van der Waals surface area contributed by atoms with E-state index in [1.807, 2.05) is 19.1 Å². The van der Waals surface area contributed by atoms with Crippen LogP contribution in [0.25, 0.3) is 0 Å². The fourth-order valence-electron chi connectivity index (χ4n) is 6.06. The van der Waals surface area contributed by atoms with Crippen LogP contribution in [0, 0.1) is 35.1 Å². The van der Waals surface area contributed by atoms with Crippen LogP contribution in [0.3, 0.4) is 0 Å². The second-order valence-electron chi connectivity index (χ2n) is 9.13. The zero-order valence-electron chi connectivity index (χ0n) is 18.2. The summed E-state index contributed by atoms with van der Waals surface area (Å²) in [6.07, 6.45) is 2.41. The van der Waals surface area contributed by atoms with E-state index >= 15 is 0 Å². The predicted octanol–water partition coefficient (Wildman–Crippen LogP) is 8.46. The first-order valence-electron chi connectivity index (χ1n) is 11.3. The second kappa shape index (κ2) is 9.15. The standard InChI is InChI=1S/C26H25F7/c1-2-3-4-5-14-6-7-17-19(9-8-18-20(17)12-16(27)13-21(18)28)24(14)15-10-22(29)25(23(30)11-15)26(31,32)33/h2-3,10-14,17,19,24H,4-9H2,1H3/b3-2+/t14-,17-,19+,24-/m1/s1. The van der Waals surface area contributed by atoms with Gasteiger partial charge in [0.1, 0.15) is 28.8 Å². The van der Waals surface area contributed by atoms with Crippen LogP contribution in [-0.2, 0) is 12.6 Å². The summed E-state index contributed by atoms with van der Waals surface area (Å²) < 4.78 is 96.8. The molecule has 7 heteroatoms. The maximum Gasteiger partial charge on any atom is 0.422 e. The number of allylic oxidation sites excluding steroid dienone is 2. The number of fused-ring (bicyclic) bond motifs is 3. The predicted molar refractivity (Wildman–Crippen MR) is 112 cm³/mol. The Kier molecular flexibility index (Phi) is 6.61. The van der Waals surface area contributed by atoms with Crippen molar-refractivity contribution in [2.75, 3.05) is 0 Å². The van der Waals surface area contributed by atoms with Crippen LogP contribution in [0.1, 0.15) is 73.1 Å². The van der Waals surface area contributed by atoms with Crippen molar-refractivity contribution in [2.24, 2.45) is 11.8 Å². The highest BCUT2D eigenvalue weighted by Crippen LogP contribution is 2.55. The molecule has 1 saturated carbocycles. The molecule has 1 fully saturated rings. The Morgan fingerprint density at radius 1 is 0.909 bits per heavy atom. The number of rotatable bonds is 4. The van der Waals surface area contributed by atoms with Crippen molar-refractivity contribution in [3.8, 4) is 0 Å². The van der Waals surface area contributed by atoms with Gasteiger partial charge in [0, 0.05) is 6.07 Å². The lowest BCUT2D eigenvalue weighted by Gasteiger charge is -2.47. The van der Waals surface area contributed by atoms with Crippen LogP contribution in [0.2, 0.25) is 0 Å². The molecule has 2 aliphatic carbocycles. The number of halogens is 7. The quantitative estimate of drug-likeness (QED) is 0.311. The lowest BCUT2D eigenvalue weighted by molar-refractivity contribution is -0.142. The molecule has 0 aromatic heterocycles. The van der Waals surface area contributed by atoms with Crippen molar-refractivity contribution < 1.29 is 30.7 Å².